The van der Waals surface area contributed by atoms with Crippen LogP contribution in [0, 0.1) is 0 Å². The van der Waals surface area contributed by atoms with Crippen LogP contribution in [0.15, 0.2) is 36.9 Å². The number of pyridine rings is 1. The van der Waals surface area contributed by atoms with Gasteiger partial charge in [-0.2, -0.15) is 0 Å². The van der Waals surface area contributed by atoms with Gasteiger partial charge >= 0.3 is 0 Å². The fourth-order valence-corrected chi connectivity index (χ4v) is 3.17. The number of piperidine rings is 1. The second-order valence-electron chi connectivity index (χ2n) is 6.55. The highest BCUT2D eigenvalue weighted by atomic mass is 16.2. The first kappa shape index (κ1) is 15.1. The van der Waals surface area contributed by atoms with Crippen LogP contribution < -0.4 is 5.32 Å². The Bertz CT molecular complexity index is 708. The predicted molar refractivity (Wildman–Crippen MR) is 90.8 cm³/mol. The van der Waals surface area contributed by atoms with Gasteiger partial charge in [-0.1, -0.05) is 0 Å². The molecule has 1 aliphatic carbocycles. The third kappa shape index (κ3) is 3.37. The molecule has 1 saturated heterocycles. The zero-order valence-corrected chi connectivity index (χ0v) is 13.6. The van der Waals surface area contributed by atoms with Crippen LogP contribution in [-0.2, 0) is 0 Å². The average molecular weight is 323 g/mol. The van der Waals surface area contributed by atoms with Crippen molar-refractivity contribution in [3.8, 4) is 0 Å². The fourth-order valence-electron chi connectivity index (χ4n) is 3.17. The lowest BCUT2D eigenvalue weighted by Crippen LogP contribution is -2.42. The van der Waals surface area contributed by atoms with E-state index in [1.54, 1.807) is 30.9 Å². The van der Waals surface area contributed by atoms with Gasteiger partial charge in [0.05, 0.1) is 0 Å². The molecule has 0 bridgehead atoms. The minimum atomic E-state index is 0.0916. The van der Waals surface area contributed by atoms with Gasteiger partial charge in [0.15, 0.2) is 0 Å². The number of carbonyl (C=O) groups is 1. The highest BCUT2D eigenvalue weighted by Gasteiger charge is 2.26. The number of hydrogen-bond acceptors (Lipinski definition) is 5. The quantitative estimate of drug-likeness (QED) is 0.936. The molecule has 0 unspecified atom stereocenters. The lowest BCUT2D eigenvalue weighted by Gasteiger charge is -2.32. The summed E-state index contributed by atoms with van der Waals surface area (Å²) in [6.45, 7) is 1.53. The van der Waals surface area contributed by atoms with Gasteiger partial charge in [0.1, 0.15) is 12.1 Å². The smallest absolute Gasteiger partial charge is 0.253 e. The van der Waals surface area contributed by atoms with Gasteiger partial charge in [-0.05, 0) is 37.8 Å². The fraction of sp³-hybridized carbons (Fsp3) is 0.444. The minimum absolute atomic E-state index is 0.0916. The highest BCUT2D eigenvalue weighted by Crippen LogP contribution is 2.39. The normalized spacial score (nSPS) is 18.4. The first-order valence-corrected chi connectivity index (χ1v) is 8.57. The van der Waals surface area contributed by atoms with E-state index in [0.717, 1.165) is 37.4 Å². The molecule has 2 fully saturated rings. The first-order chi connectivity index (χ1) is 11.8. The molecule has 6 heteroatoms. The van der Waals surface area contributed by atoms with Crippen molar-refractivity contribution in [3.05, 3.63) is 48.2 Å². The van der Waals surface area contributed by atoms with Gasteiger partial charge in [0.2, 0.25) is 0 Å². The largest absolute Gasteiger partial charge is 0.367 e. The van der Waals surface area contributed by atoms with Crippen molar-refractivity contribution in [3.63, 3.8) is 0 Å². The standard InChI is InChI=1S/C18H21N5O/c24-18(14-3-7-19-8-4-14)23-9-5-15(6-10-23)22-17-11-16(13-1-2-13)20-12-21-17/h3-4,7-8,11-13,15H,1-2,5-6,9-10H2,(H,20,21,22). The van der Waals surface area contributed by atoms with E-state index in [4.69, 9.17) is 0 Å². The zero-order chi connectivity index (χ0) is 16.4. The Hall–Kier alpha value is -2.50. The second kappa shape index (κ2) is 6.55. The van der Waals surface area contributed by atoms with Crippen molar-refractivity contribution in [1.29, 1.82) is 0 Å². The van der Waals surface area contributed by atoms with E-state index >= 15 is 0 Å². The molecule has 1 saturated carbocycles. The molecule has 2 aromatic rings. The number of nitrogens with zero attached hydrogens (tertiary/aromatic N) is 4. The Morgan fingerprint density at radius 1 is 1.08 bits per heavy atom. The summed E-state index contributed by atoms with van der Waals surface area (Å²) in [4.78, 5) is 27.0. The van der Waals surface area contributed by atoms with Crippen molar-refractivity contribution in [2.45, 2.75) is 37.6 Å². The number of hydrogen-bond donors (Lipinski definition) is 1. The number of nitrogens with one attached hydrogen (secondary N) is 1. The maximum absolute atomic E-state index is 12.4. The molecule has 6 nitrogen and oxygen atoms in total. The Morgan fingerprint density at radius 3 is 2.54 bits per heavy atom. The summed E-state index contributed by atoms with van der Waals surface area (Å²) in [5.74, 6) is 1.63. The monoisotopic (exact) mass is 323 g/mol. The van der Waals surface area contributed by atoms with Gasteiger partial charge in [-0.15, -0.1) is 0 Å². The Kier molecular flexibility index (Phi) is 4.11. The molecule has 1 aliphatic heterocycles. The molecule has 2 aromatic heterocycles. The summed E-state index contributed by atoms with van der Waals surface area (Å²) in [5.41, 5.74) is 1.86. The van der Waals surface area contributed by atoms with Crippen LogP contribution in [-0.4, -0.2) is 44.9 Å². The van der Waals surface area contributed by atoms with Gasteiger partial charge in [-0.25, -0.2) is 9.97 Å². The Balaban J connectivity index is 1.33. The summed E-state index contributed by atoms with van der Waals surface area (Å²) < 4.78 is 0. The maximum Gasteiger partial charge on any atom is 0.253 e. The Morgan fingerprint density at radius 2 is 1.83 bits per heavy atom. The number of rotatable bonds is 4. The van der Waals surface area contributed by atoms with Crippen LogP contribution in [0.3, 0.4) is 0 Å². The molecule has 0 spiro atoms. The molecular weight excluding hydrogens is 302 g/mol. The molecule has 2 aliphatic rings. The van der Waals surface area contributed by atoms with Crippen LogP contribution in [0.4, 0.5) is 5.82 Å². The van der Waals surface area contributed by atoms with Crippen LogP contribution in [0.2, 0.25) is 0 Å². The van der Waals surface area contributed by atoms with Gasteiger partial charge in [0, 0.05) is 54.8 Å². The van der Waals surface area contributed by atoms with Gasteiger partial charge in [0.25, 0.3) is 5.91 Å². The van der Waals surface area contributed by atoms with Crippen molar-refractivity contribution in [1.82, 2.24) is 19.9 Å². The van der Waals surface area contributed by atoms with Gasteiger partial charge < -0.3 is 10.2 Å². The topological polar surface area (TPSA) is 71.0 Å². The molecular formula is C18H21N5O. The Labute approximate surface area is 141 Å². The predicted octanol–water partition coefficient (Wildman–Crippen LogP) is 2.47. The maximum atomic E-state index is 12.4. The summed E-state index contributed by atoms with van der Waals surface area (Å²) in [6, 6.07) is 5.97. The molecule has 3 heterocycles. The van der Waals surface area contributed by atoms with Crippen LogP contribution in [0.1, 0.15) is 47.7 Å². The van der Waals surface area contributed by atoms with Crippen molar-refractivity contribution in [2.75, 3.05) is 18.4 Å². The number of amides is 1. The average Bonchev–Trinajstić information content (AvgIpc) is 3.48. The summed E-state index contributed by atoms with van der Waals surface area (Å²) in [6.07, 6.45) is 9.32. The molecule has 24 heavy (non-hydrogen) atoms. The van der Waals surface area contributed by atoms with E-state index in [-0.39, 0.29) is 5.91 Å². The molecule has 1 N–H and O–H groups in total. The lowest BCUT2D eigenvalue weighted by atomic mass is 10.0. The van der Waals surface area contributed by atoms with E-state index in [1.165, 1.54) is 12.8 Å². The lowest BCUT2D eigenvalue weighted by molar-refractivity contribution is 0.0718. The summed E-state index contributed by atoms with van der Waals surface area (Å²) >= 11 is 0. The molecule has 1 amide bonds. The van der Waals surface area contributed by atoms with Crippen LogP contribution >= 0.6 is 0 Å². The molecule has 0 aromatic carbocycles. The van der Waals surface area contributed by atoms with E-state index in [1.807, 2.05) is 4.90 Å². The number of carbonyl (C=O) groups excluding carboxylic acids is 1. The van der Waals surface area contributed by atoms with E-state index in [0.29, 0.717) is 17.5 Å². The summed E-state index contributed by atoms with van der Waals surface area (Å²) in [7, 11) is 0. The van der Waals surface area contributed by atoms with Crippen molar-refractivity contribution in [2.24, 2.45) is 0 Å². The summed E-state index contributed by atoms with van der Waals surface area (Å²) in [5, 5.41) is 3.50. The molecule has 0 radical (unpaired) electrons. The SMILES string of the molecule is O=C(c1ccncc1)N1CCC(Nc2cc(C3CC3)ncn2)CC1. The van der Waals surface area contributed by atoms with E-state index in [2.05, 4.69) is 26.3 Å². The second-order valence-corrected chi connectivity index (χ2v) is 6.55. The van der Waals surface area contributed by atoms with Crippen LogP contribution in [0.5, 0.6) is 0 Å². The third-order valence-electron chi connectivity index (χ3n) is 4.75. The van der Waals surface area contributed by atoms with E-state index < -0.39 is 0 Å². The molecule has 124 valence electrons. The molecule has 4 rings (SSSR count). The number of likely N-dealkylation sites (tertiary alicyclic amines) is 1. The van der Waals surface area contributed by atoms with E-state index in [9.17, 15) is 4.79 Å². The van der Waals surface area contributed by atoms with Gasteiger partial charge in [-0.3, -0.25) is 9.78 Å². The van der Waals surface area contributed by atoms with Crippen molar-refractivity contribution < 1.29 is 4.79 Å². The minimum Gasteiger partial charge on any atom is -0.367 e. The third-order valence-corrected chi connectivity index (χ3v) is 4.75. The highest BCUT2D eigenvalue weighted by molar-refractivity contribution is 5.94. The van der Waals surface area contributed by atoms with Crippen molar-refractivity contribution >= 4 is 11.7 Å². The first-order valence-electron chi connectivity index (χ1n) is 8.57. The zero-order valence-electron chi connectivity index (χ0n) is 13.6. The number of aromatic nitrogens is 3. The number of anilines is 1. The molecule has 0 atom stereocenters. The van der Waals surface area contributed by atoms with Crippen LogP contribution in [0.25, 0.3) is 0 Å².